The van der Waals surface area contributed by atoms with E-state index in [9.17, 15) is 8.78 Å². The summed E-state index contributed by atoms with van der Waals surface area (Å²) < 4.78 is 27.4. The van der Waals surface area contributed by atoms with Crippen molar-refractivity contribution in [3.05, 3.63) is 77.9 Å². The normalized spacial score (nSPS) is 11.3. The van der Waals surface area contributed by atoms with Crippen molar-refractivity contribution in [2.75, 3.05) is 0 Å². The fourth-order valence-corrected chi connectivity index (χ4v) is 3.00. The van der Waals surface area contributed by atoms with Crippen molar-refractivity contribution in [2.45, 2.75) is 6.92 Å². The van der Waals surface area contributed by atoms with Crippen LogP contribution in [0.25, 0.3) is 32.9 Å². The van der Waals surface area contributed by atoms with Gasteiger partial charge in [0.1, 0.15) is 11.6 Å². The Morgan fingerprint density at radius 1 is 0.826 bits per heavy atom. The molecular formula is C20H13F2N. The Morgan fingerprint density at radius 3 is 2.48 bits per heavy atom. The molecule has 3 heteroatoms. The molecule has 0 aliphatic carbocycles. The Balaban J connectivity index is 2.07. The number of fused-ring (bicyclic) bond motifs is 2. The summed E-state index contributed by atoms with van der Waals surface area (Å²) >= 11 is 0. The highest BCUT2D eigenvalue weighted by molar-refractivity contribution is 5.97. The highest BCUT2D eigenvalue weighted by atomic mass is 19.1. The summed E-state index contributed by atoms with van der Waals surface area (Å²) in [6.45, 7) is 1.90. The molecule has 0 spiro atoms. The van der Waals surface area contributed by atoms with Crippen molar-refractivity contribution in [3.63, 3.8) is 0 Å². The summed E-state index contributed by atoms with van der Waals surface area (Å²) in [5.74, 6) is -1.20. The Kier molecular flexibility index (Phi) is 3.08. The number of aryl methyl sites for hydroxylation is 1. The van der Waals surface area contributed by atoms with Crippen molar-refractivity contribution in [3.8, 4) is 11.3 Å². The number of rotatable bonds is 1. The van der Waals surface area contributed by atoms with Gasteiger partial charge in [0.15, 0.2) is 0 Å². The molecule has 0 amide bonds. The minimum absolute atomic E-state index is 0.330. The van der Waals surface area contributed by atoms with Gasteiger partial charge in [0.25, 0.3) is 0 Å². The van der Waals surface area contributed by atoms with E-state index < -0.39 is 11.6 Å². The summed E-state index contributed by atoms with van der Waals surface area (Å²) in [4.78, 5) is 4.54. The average molecular weight is 305 g/mol. The molecule has 3 aromatic carbocycles. The summed E-state index contributed by atoms with van der Waals surface area (Å²) in [6.07, 6.45) is 0. The summed E-state index contributed by atoms with van der Waals surface area (Å²) in [5.41, 5.74) is 2.90. The predicted octanol–water partition coefficient (Wildman–Crippen LogP) is 5.64. The minimum Gasteiger partial charge on any atom is -0.247 e. The third-order valence-electron chi connectivity index (χ3n) is 4.08. The first-order valence-corrected chi connectivity index (χ1v) is 7.38. The molecular weight excluding hydrogens is 292 g/mol. The summed E-state index contributed by atoms with van der Waals surface area (Å²) in [6, 6.07) is 17.9. The van der Waals surface area contributed by atoms with Crippen LogP contribution < -0.4 is 0 Å². The second-order valence-electron chi connectivity index (χ2n) is 5.63. The number of benzene rings is 3. The maximum absolute atomic E-state index is 13.9. The van der Waals surface area contributed by atoms with Crippen molar-refractivity contribution in [1.82, 2.24) is 4.98 Å². The van der Waals surface area contributed by atoms with E-state index in [0.717, 1.165) is 33.7 Å². The van der Waals surface area contributed by atoms with E-state index in [4.69, 9.17) is 0 Å². The number of pyridine rings is 1. The van der Waals surface area contributed by atoms with E-state index in [1.165, 1.54) is 6.07 Å². The molecule has 0 aliphatic rings. The molecule has 0 aliphatic heterocycles. The molecule has 0 radical (unpaired) electrons. The van der Waals surface area contributed by atoms with Crippen molar-refractivity contribution >= 4 is 21.7 Å². The van der Waals surface area contributed by atoms with Crippen molar-refractivity contribution < 1.29 is 8.78 Å². The van der Waals surface area contributed by atoms with Gasteiger partial charge in [-0.3, -0.25) is 0 Å². The van der Waals surface area contributed by atoms with Crippen LogP contribution in [-0.4, -0.2) is 4.98 Å². The van der Waals surface area contributed by atoms with Gasteiger partial charge >= 0.3 is 0 Å². The molecule has 0 fully saturated rings. The first kappa shape index (κ1) is 13.8. The van der Waals surface area contributed by atoms with Crippen LogP contribution in [0.3, 0.4) is 0 Å². The molecule has 0 saturated heterocycles. The lowest BCUT2D eigenvalue weighted by molar-refractivity contribution is 0.591. The topological polar surface area (TPSA) is 12.9 Å². The monoisotopic (exact) mass is 305 g/mol. The van der Waals surface area contributed by atoms with Crippen LogP contribution in [0.1, 0.15) is 5.56 Å². The number of nitrogens with zero attached hydrogens (tertiary/aromatic N) is 1. The second kappa shape index (κ2) is 5.13. The fraction of sp³-hybridized carbons (Fsp3) is 0.0500. The zero-order valence-corrected chi connectivity index (χ0v) is 12.5. The van der Waals surface area contributed by atoms with E-state index in [-0.39, 0.29) is 0 Å². The Hall–Kier alpha value is -2.81. The fourth-order valence-electron chi connectivity index (χ4n) is 3.00. The lowest BCUT2D eigenvalue weighted by Gasteiger charge is -2.11. The van der Waals surface area contributed by atoms with Crippen LogP contribution in [0.15, 0.2) is 60.7 Å². The Bertz CT molecular complexity index is 1050. The highest BCUT2D eigenvalue weighted by Crippen LogP contribution is 2.32. The first-order valence-electron chi connectivity index (χ1n) is 7.38. The molecule has 23 heavy (non-hydrogen) atoms. The Morgan fingerprint density at radius 2 is 1.61 bits per heavy atom. The molecule has 1 nitrogen and oxygen atoms in total. The molecule has 1 heterocycles. The highest BCUT2D eigenvalue weighted by Gasteiger charge is 2.12. The minimum atomic E-state index is -0.616. The first-order chi connectivity index (χ1) is 11.1. The quantitative estimate of drug-likeness (QED) is 0.443. The van der Waals surface area contributed by atoms with Gasteiger partial charge in [-0.05, 0) is 29.3 Å². The van der Waals surface area contributed by atoms with E-state index in [2.05, 4.69) is 4.98 Å². The zero-order valence-electron chi connectivity index (χ0n) is 12.5. The summed E-state index contributed by atoms with van der Waals surface area (Å²) in [7, 11) is 0. The lowest BCUT2D eigenvalue weighted by Crippen LogP contribution is -1.94. The average Bonchev–Trinajstić information content (AvgIpc) is 2.55. The van der Waals surface area contributed by atoms with Gasteiger partial charge in [-0.25, -0.2) is 13.8 Å². The van der Waals surface area contributed by atoms with E-state index in [1.807, 2.05) is 49.4 Å². The van der Waals surface area contributed by atoms with Gasteiger partial charge in [0.05, 0.1) is 11.2 Å². The van der Waals surface area contributed by atoms with Gasteiger partial charge in [0.2, 0.25) is 0 Å². The number of hydrogen-bond acceptors (Lipinski definition) is 1. The maximum Gasteiger partial charge on any atom is 0.135 e. The number of aromatic nitrogens is 1. The molecule has 0 atom stereocenters. The van der Waals surface area contributed by atoms with Crippen molar-refractivity contribution in [2.24, 2.45) is 0 Å². The van der Waals surface area contributed by atoms with E-state index >= 15 is 0 Å². The summed E-state index contributed by atoms with van der Waals surface area (Å²) in [5, 5.41) is 2.52. The Labute approximate surface area is 132 Å². The molecule has 0 N–H and O–H groups in total. The third-order valence-corrected chi connectivity index (χ3v) is 4.08. The molecule has 0 bridgehead atoms. The second-order valence-corrected chi connectivity index (χ2v) is 5.63. The van der Waals surface area contributed by atoms with Crippen LogP contribution in [0.2, 0.25) is 0 Å². The molecule has 1 aromatic heterocycles. The van der Waals surface area contributed by atoms with Gasteiger partial charge in [-0.2, -0.15) is 0 Å². The largest absolute Gasteiger partial charge is 0.247 e. The molecule has 112 valence electrons. The number of hydrogen-bond donors (Lipinski definition) is 0. The van der Waals surface area contributed by atoms with Gasteiger partial charge in [-0.15, -0.1) is 0 Å². The van der Waals surface area contributed by atoms with E-state index in [0.29, 0.717) is 10.9 Å². The molecule has 4 rings (SSSR count). The molecule has 4 aromatic rings. The zero-order chi connectivity index (χ0) is 16.0. The van der Waals surface area contributed by atoms with Crippen LogP contribution >= 0.6 is 0 Å². The predicted molar refractivity (Wildman–Crippen MR) is 89.3 cm³/mol. The van der Waals surface area contributed by atoms with Crippen molar-refractivity contribution in [1.29, 1.82) is 0 Å². The molecule has 0 unspecified atom stereocenters. The van der Waals surface area contributed by atoms with Gasteiger partial charge in [-0.1, -0.05) is 42.5 Å². The van der Waals surface area contributed by atoms with Gasteiger partial charge in [0, 0.05) is 23.1 Å². The SMILES string of the molecule is Cc1cc2c(F)cc(F)cc2nc1-c1cccc2ccccc12. The lowest BCUT2D eigenvalue weighted by atomic mass is 9.98. The maximum atomic E-state index is 13.9. The van der Waals surface area contributed by atoms with Gasteiger partial charge < -0.3 is 0 Å². The number of halogens is 2. The third kappa shape index (κ3) is 2.25. The van der Waals surface area contributed by atoms with Crippen LogP contribution in [0, 0.1) is 18.6 Å². The van der Waals surface area contributed by atoms with Crippen LogP contribution in [0.4, 0.5) is 8.78 Å². The molecule has 0 saturated carbocycles. The van der Waals surface area contributed by atoms with Crippen LogP contribution in [0.5, 0.6) is 0 Å². The van der Waals surface area contributed by atoms with Crippen LogP contribution in [-0.2, 0) is 0 Å². The standard InChI is InChI=1S/C20H13F2N/c1-12-9-17-18(22)10-14(21)11-19(17)23-20(12)16-8-4-6-13-5-2-3-7-15(13)16/h2-11H,1H3. The van der Waals surface area contributed by atoms with E-state index in [1.54, 1.807) is 6.07 Å². The smallest absolute Gasteiger partial charge is 0.135 e.